The van der Waals surface area contributed by atoms with E-state index in [4.69, 9.17) is 4.74 Å². The Labute approximate surface area is 177 Å². The van der Waals surface area contributed by atoms with E-state index in [0.29, 0.717) is 22.8 Å². The molecular weight excluding hydrogens is 381 g/mol. The number of nitrogens with zero attached hydrogens (tertiary/aromatic N) is 2. The fraction of sp³-hybridized carbons (Fsp3) is 0.417. The fourth-order valence-electron chi connectivity index (χ4n) is 4.43. The van der Waals surface area contributed by atoms with E-state index >= 15 is 0 Å². The Morgan fingerprint density at radius 1 is 1.37 bits per heavy atom. The fourth-order valence-corrected chi connectivity index (χ4v) is 4.43. The summed E-state index contributed by atoms with van der Waals surface area (Å²) in [5.41, 5.74) is 6.20. The summed E-state index contributed by atoms with van der Waals surface area (Å²) in [6.07, 6.45) is 2.34. The van der Waals surface area contributed by atoms with Crippen LogP contribution in [-0.4, -0.2) is 31.3 Å². The minimum absolute atomic E-state index is 0.0235. The summed E-state index contributed by atoms with van der Waals surface area (Å²) in [6, 6.07) is 8.72. The third kappa shape index (κ3) is 4.18. The summed E-state index contributed by atoms with van der Waals surface area (Å²) < 4.78 is 20.1. The number of rotatable bonds is 5. The molecule has 1 atom stereocenters. The molecule has 1 unspecified atom stereocenters. The van der Waals surface area contributed by atoms with Crippen molar-refractivity contribution in [1.82, 2.24) is 5.43 Å². The maximum atomic E-state index is 14.8. The topological polar surface area (TPSA) is 53.9 Å². The number of anilines is 1. The normalized spacial score (nSPS) is 17.7. The van der Waals surface area contributed by atoms with Crippen molar-refractivity contribution in [3.8, 4) is 5.75 Å². The molecule has 30 heavy (non-hydrogen) atoms. The highest BCUT2D eigenvalue weighted by Gasteiger charge is 2.36. The van der Waals surface area contributed by atoms with Gasteiger partial charge in [-0.25, -0.2) is 9.82 Å². The number of carbonyl (C=O) groups excluding carboxylic acids is 1. The first-order valence-corrected chi connectivity index (χ1v) is 10.3. The number of amides is 1. The smallest absolute Gasteiger partial charge is 0.275 e. The zero-order valence-corrected chi connectivity index (χ0v) is 18.5. The second-order valence-electron chi connectivity index (χ2n) is 8.50. The van der Waals surface area contributed by atoms with Crippen molar-refractivity contribution in [3.05, 3.63) is 58.4 Å². The molecule has 0 spiro atoms. The largest absolute Gasteiger partial charge is 0.496 e. The van der Waals surface area contributed by atoms with Crippen molar-refractivity contribution >= 4 is 17.8 Å². The number of nitrogens with one attached hydrogen (secondary N) is 1. The Kier molecular flexibility index (Phi) is 6.15. The first-order chi connectivity index (χ1) is 14.2. The van der Waals surface area contributed by atoms with E-state index in [2.05, 4.69) is 43.1 Å². The predicted octanol–water partition coefficient (Wildman–Crippen LogP) is 5.02. The number of methoxy groups -OCH3 is 1. The molecule has 1 aliphatic rings. The van der Waals surface area contributed by atoms with Gasteiger partial charge in [0.15, 0.2) is 0 Å². The molecule has 0 saturated heterocycles. The molecular formula is C24H30FN3O2. The molecule has 1 aliphatic heterocycles. The molecule has 2 aromatic rings. The van der Waals surface area contributed by atoms with E-state index in [1.807, 2.05) is 19.1 Å². The number of hydrogen-bond donors (Lipinski definition) is 1. The summed E-state index contributed by atoms with van der Waals surface area (Å²) in [5.74, 6) is 0.00692. The lowest BCUT2D eigenvalue weighted by Crippen LogP contribution is -2.48. The van der Waals surface area contributed by atoms with Crippen molar-refractivity contribution in [2.45, 2.75) is 52.5 Å². The van der Waals surface area contributed by atoms with Crippen LogP contribution in [0, 0.1) is 12.7 Å². The molecule has 1 N–H and O–H groups in total. The highest BCUT2D eigenvalue weighted by atomic mass is 19.1. The summed E-state index contributed by atoms with van der Waals surface area (Å²) in [4.78, 5) is 14.7. The number of hydrogen-bond acceptors (Lipinski definition) is 4. The third-order valence-electron chi connectivity index (χ3n) is 5.79. The third-order valence-corrected chi connectivity index (χ3v) is 5.79. The zero-order chi connectivity index (χ0) is 22.1. The van der Waals surface area contributed by atoms with E-state index in [9.17, 15) is 9.18 Å². The average Bonchev–Trinajstić information content (AvgIpc) is 2.68. The van der Waals surface area contributed by atoms with Gasteiger partial charge in [0.25, 0.3) is 5.91 Å². The molecule has 1 amide bonds. The standard InChI is InChI=1S/C24H30FN3O2/c1-7-28-21-12-20(25)17(11-19(21)16(3)13-24(28,4)5)14-26-27-23(29)18-9-8-15(2)10-22(18)30-6/h8-12,14,16H,7,13H2,1-6H3,(H,27,29)/b26-14-. The number of aryl methyl sites for hydroxylation is 1. The Morgan fingerprint density at radius 3 is 2.77 bits per heavy atom. The zero-order valence-electron chi connectivity index (χ0n) is 18.5. The van der Waals surface area contributed by atoms with E-state index in [1.54, 1.807) is 18.2 Å². The second kappa shape index (κ2) is 8.46. The van der Waals surface area contributed by atoms with Crippen molar-refractivity contribution in [2.75, 3.05) is 18.6 Å². The van der Waals surface area contributed by atoms with Crippen LogP contribution in [0.2, 0.25) is 0 Å². The van der Waals surface area contributed by atoms with Crippen LogP contribution >= 0.6 is 0 Å². The van der Waals surface area contributed by atoms with Crippen molar-refractivity contribution in [3.63, 3.8) is 0 Å². The molecule has 3 rings (SSSR count). The van der Waals surface area contributed by atoms with Gasteiger partial charge in [0.05, 0.1) is 18.9 Å². The number of halogens is 1. The van der Waals surface area contributed by atoms with E-state index < -0.39 is 5.91 Å². The van der Waals surface area contributed by atoms with Gasteiger partial charge in [-0.3, -0.25) is 4.79 Å². The highest BCUT2D eigenvalue weighted by Crippen LogP contribution is 2.43. The van der Waals surface area contributed by atoms with Gasteiger partial charge in [-0.05, 0) is 75.4 Å². The number of ether oxygens (including phenoxy) is 1. The lowest BCUT2D eigenvalue weighted by Gasteiger charge is -2.47. The Hall–Kier alpha value is -2.89. The summed E-state index contributed by atoms with van der Waals surface area (Å²) >= 11 is 0. The van der Waals surface area contributed by atoms with Gasteiger partial charge >= 0.3 is 0 Å². The van der Waals surface area contributed by atoms with Gasteiger partial charge in [-0.1, -0.05) is 13.0 Å². The van der Waals surface area contributed by atoms with E-state index in [0.717, 1.165) is 29.8 Å². The molecule has 0 fully saturated rings. The monoisotopic (exact) mass is 411 g/mol. The number of benzene rings is 2. The first-order valence-electron chi connectivity index (χ1n) is 10.3. The van der Waals surface area contributed by atoms with Crippen molar-refractivity contribution in [2.24, 2.45) is 5.10 Å². The van der Waals surface area contributed by atoms with Crippen LogP contribution < -0.4 is 15.1 Å². The lowest BCUT2D eigenvalue weighted by atomic mass is 9.79. The molecule has 160 valence electrons. The maximum absolute atomic E-state index is 14.8. The quantitative estimate of drug-likeness (QED) is 0.555. The van der Waals surface area contributed by atoms with Crippen LogP contribution in [0.5, 0.6) is 5.75 Å². The Morgan fingerprint density at radius 2 is 2.10 bits per heavy atom. The van der Waals surface area contributed by atoms with Crippen LogP contribution in [-0.2, 0) is 0 Å². The minimum Gasteiger partial charge on any atom is -0.496 e. The predicted molar refractivity (Wildman–Crippen MR) is 119 cm³/mol. The van der Waals surface area contributed by atoms with E-state index in [1.165, 1.54) is 13.3 Å². The highest BCUT2D eigenvalue weighted by molar-refractivity contribution is 5.97. The summed E-state index contributed by atoms with van der Waals surface area (Å²) in [7, 11) is 1.51. The van der Waals surface area contributed by atoms with Gasteiger partial charge < -0.3 is 9.64 Å². The lowest BCUT2D eigenvalue weighted by molar-refractivity contribution is 0.0952. The molecule has 2 aromatic carbocycles. The van der Waals surface area contributed by atoms with Gasteiger partial charge in [0.2, 0.25) is 0 Å². The van der Waals surface area contributed by atoms with Crippen LogP contribution in [0.25, 0.3) is 0 Å². The van der Waals surface area contributed by atoms with Crippen LogP contribution in [0.1, 0.15) is 67.1 Å². The molecule has 0 aromatic heterocycles. The summed E-state index contributed by atoms with van der Waals surface area (Å²) in [5, 5.41) is 3.98. The number of hydrazone groups is 1. The van der Waals surface area contributed by atoms with Gasteiger partial charge in [0.1, 0.15) is 11.6 Å². The molecule has 1 heterocycles. The van der Waals surface area contributed by atoms with Crippen molar-refractivity contribution in [1.29, 1.82) is 0 Å². The van der Waals surface area contributed by atoms with Gasteiger partial charge in [-0.15, -0.1) is 0 Å². The van der Waals surface area contributed by atoms with Crippen LogP contribution in [0.15, 0.2) is 35.4 Å². The van der Waals surface area contributed by atoms with Gasteiger partial charge in [-0.2, -0.15) is 5.10 Å². The molecule has 0 radical (unpaired) electrons. The van der Waals surface area contributed by atoms with E-state index in [-0.39, 0.29) is 11.4 Å². The molecule has 5 nitrogen and oxygen atoms in total. The SMILES string of the molecule is CCN1c2cc(F)c(/C=N\NC(=O)c3ccc(C)cc3OC)cc2C(C)CC1(C)C. The Bertz CT molecular complexity index is 985. The van der Waals surface area contributed by atoms with Crippen molar-refractivity contribution < 1.29 is 13.9 Å². The molecule has 0 saturated carbocycles. The summed E-state index contributed by atoms with van der Waals surface area (Å²) in [6.45, 7) is 11.4. The first kappa shape index (κ1) is 21.8. The minimum atomic E-state index is -0.409. The molecule has 0 bridgehead atoms. The average molecular weight is 412 g/mol. The van der Waals surface area contributed by atoms with Gasteiger partial charge in [0, 0.05) is 23.3 Å². The number of carbonyl (C=O) groups is 1. The molecule has 6 heteroatoms. The molecule has 0 aliphatic carbocycles. The number of fused-ring (bicyclic) bond motifs is 1. The maximum Gasteiger partial charge on any atom is 0.275 e. The van der Waals surface area contributed by atoms with Crippen LogP contribution in [0.3, 0.4) is 0 Å². The second-order valence-corrected chi connectivity index (χ2v) is 8.50. The van der Waals surface area contributed by atoms with Crippen LogP contribution in [0.4, 0.5) is 10.1 Å². The Balaban J connectivity index is 1.84.